The van der Waals surface area contributed by atoms with Crippen LogP contribution in [0.15, 0.2) is 78.9 Å². The van der Waals surface area contributed by atoms with Gasteiger partial charge in [-0.15, -0.1) is 0 Å². The van der Waals surface area contributed by atoms with Gasteiger partial charge in [-0.1, -0.05) is 36.4 Å². The van der Waals surface area contributed by atoms with Gasteiger partial charge in [-0.25, -0.2) is 0 Å². The minimum Gasteiger partial charge on any atom is -0.491 e. The van der Waals surface area contributed by atoms with Gasteiger partial charge in [-0.3, -0.25) is 4.79 Å². The lowest BCUT2D eigenvalue weighted by Gasteiger charge is -2.12. The van der Waals surface area contributed by atoms with Crippen molar-refractivity contribution in [1.82, 2.24) is 0 Å². The number of hydrogen-bond acceptors (Lipinski definition) is 4. The number of nitrogens with one attached hydrogen (secondary N) is 1. The maximum atomic E-state index is 12.7. The maximum Gasteiger partial charge on any atom is 0.256 e. The molecule has 0 heterocycles. The molecule has 28 heavy (non-hydrogen) atoms. The smallest absolute Gasteiger partial charge is 0.256 e. The topological polar surface area (TPSA) is 56.8 Å². The number of hydrogen-bond donors (Lipinski definition) is 1. The summed E-state index contributed by atoms with van der Waals surface area (Å²) in [6.45, 7) is 1.33. The highest BCUT2D eigenvalue weighted by Gasteiger charge is 2.12. The molecule has 0 unspecified atom stereocenters. The Morgan fingerprint density at radius 2 is 1.46 bits per heavy atom. The van der Waals surface area contributed by atoms with Gasteiger partial charge in [-0.05, 0) is 42.5 Å². The summed E-state index contributed by atoms with van der Waals surface area (Å²) in [4.78, 5) is 12.7. The van der Waals surface area contributed by atoms with Crippen LogP contribution in [0.25, 0.3) is 0 Å². The van der Waals surface area contributed by atoms with Gasteiger partial charge in [0.05, 0.1) is 6.61 Å². The van der Waals surface area contributed by atoms with E-state index in [4.69, 9.17) is 14.2 Å². The van der Waals surface area contributed by atoms with E-state index >= 15 is 0 Å². The summed E-state index contributed by atoms with van der Waals surface area (Å²) in [7, 11) is 1.63. The van der Waals surface area contributed by atoms with Crippen LogP contribution in [0, 0.1) is 0 Å². The third-order valence-corrected chi connectivity index (χ3v) is 4.07. The van der Waals surface area contributed by atoms with E-state index in [9.17, 15) is 4.79 Å². The fourth-order valence-electron chi connectivity index (χ4n) is 2.62. The molecule has 3 aromatic rings. The summed E-state index contributed by atoms with van der Waals surface area (Å²) in [6.07, 6.45) is 0. The predicted octanol–water partition coefficient (Wildman–Crippen LogP) is 4.54. The van der Waals surface area contributed by atoms with Crippen molar-refractivity contribution in [2.24, 2.45) is 0 Å². The first-order valence-electron chi connectivity index (χ1n) is 9.05. The molecule has 0 saturated heterocycles. The molecule has 3 rings (SSSR count). The maximum absolute atomic E-state index is 12.7. The van der Waals surface area contributed by atoms with E-state index in [-0.39, 0.29) is 5.91 Å². The molecule has 0 saturated carbocycles. The average molecular weight is 377 g/mol. The van der Waals surface area contributed by atoms with E-state index in [1.54, 1.807) is 13.2 Å². The van der Waals surface area contributed by atoms with Crippen molar-refractivity contribution in [3.8, 4) is 11.5 Å². The van der Waals surface area contributed by atoms with Crippen molar-refractivity contribution in [3.63, 3.8) is 0 Å². The van der Waals surface area contributed by atoms with E-state index in [1.807, 2.05) is 72.8 Å². The molecule has 0 aliphatic rings. The van der Waals surface area contributed by atoms with Crippen LogP contribution in [0.3, 0.4) is 0 Å². The van der Waals surface area contributed by atoms with Crippen molar-refractivity contribution >= 4 is 11.6 Å². The van der Waals surface area contributed by atoms with Gasteiger partial charge in [0.2, 0.25) is 0 Å². The van der Waals surface area contributed by atoms with E-state index in [0.29, 0.717) is 31.1 Å². The summed E-state index contributed by atoms with van der Waals surface area (Å²) in [5, 5.41) is 2.92. The third kappa shape index (κ3) is 5.59. The molecule has 5 nitrogen and oxygen atoms in total. The van der Waals surface area contributed by atoms with Crippen LogP contribution < -0.4 is 14.8 Å². The fraction of sp³-hybridized carbons (Fsp3) is 0.174. The lowest BCUT2D eigenvalue weighted by atomic mass is 10.1. The number of amides is 1. The predicted molar refractivity (Wildman–Crippen MR) is 109 cm³/mol. The number of methoxy groups -OCH3 is 1. The van der Waals surface area contributed by atoms with Gasteiger partial charge in [-0.2, -0.15) is 0 Å². The lowest BCUT2D eigenvalue weighted by Crippen LogP contribution is -2.15. The SMILES string of the molecule is COCCOc1ccc(NC(=O)c2ccccc2COc2ccccc2)cc1. The summed E-state index contributed by atoms with van der Waals surface area (Å²) in [6, 6.07) is 24.2. The Morgan fingerprint density at radius 1 is 0.786 bits per heavy atom. The Bertz CT molecular complexity index is 879. The van der Waals surface area contributed by atoms with Gasteiger partial charge in [0.1, 0.15) is 24.7 Å². The van der Waals surface area contributed by atoms with Crippen LogP contribution in [-0.4, -0.2) is 26.2 Å². The first kappa shape index (κ1) is 19.5. The van der Waals surface area contributed by atoms with Gasteiger partial charge in [0, 0.05) is 23.9 Å². The van der Waals surface area contributed by atoms with Gasteiger partial charge in [0.25, 0.3) is 5.91 Å². The normalized spacial score (nSPS) is 10.3. The molecule has 3 aromatic carbocycles. The Hall–Kier alpha value is -3.31. The number of rotatable bonds is 9. The van der Waals surface area contributed by atoms with Crippen LogP contribution in [0.5, 0.6) is 11.5 Å². The summed E-state index contributed by atoms with van der Waals surface area (Å²) >= 11 is 0. The first-order valence-corrected chi connectivity index (χ1v) is 9.05. The highest BCUT2D eigenvalue weighted by atomic mass is 16.5. The highest BCUT2D eigenvalue weighted by molar-refractivity contribution is 6.05. The molecule has 0 bridgehead atoms. The molecule has 0 aliphatic heterocycles. The standard InChI is InChI=1S/C23H23NO4/c1-26-15-16-27-21-13-11-19(12-14-21)24-23(25)22-10-6-5-7-18(22)17-28-20-8-3-2-4-9-20/h2-14H,15-17H2,1H3,(H,24,25). The van der Waals surface area contributed by atoms with Gasteiger partial charge < -0.3 is 19.5 Å². The van der Waals surface area contributed by atoms with Crippen molar-refractivity contribution in [3.05, 3.63) is 90.0 Å². The number of ether oxygens (including phenoxy) is 3. The van der Waals surface area contributed by atoms with E-state index in [2.05, 4.69) is 5.32 Å². The van der Waals surface area contributed by atoms with Crippen molar-refractivity contribution in [2.75, 3.05) is 25.6 Å². The van der Waals surface area contributed by atoms with E-state index in [0.717, 1.165) is 17.1 Å². The van der Waals surface area contributed by atoms with Crippen LogP contribution in [-0.2, 0) is 11.3 Å². The third-order valence-electron chi connectivity index (χ3n) is 4.07. The lowest BCUT2D eigenvalue weighted by molar-refractivity contribution is 0.102. The van der Waals surface area contributed by atoms with Crippen molar-refractivity contribution in [2.45, 2.75) is 6.61 Å². The Kier molecular flexibility index (Phi) is 7.04. The van der Waals surface area contributed by atoms with Crippen molar-refractivity contribution in [1.29, 1.82) is 0 Å². The quantitative estimate of drug-likeness (QED) is 0.556. The molecule has 0 aliphatic carbocycles. The van der Waals surface area contributed by atoms with Gasteiger partial charge >= 0.3 is 0 Å². The van der Waals surface area contributed by atoms with Crippen LogP contribution >= 0.6 is 0 Å². The number of para-hydroxylation sites is 1. The molecule has 1 amide bonds. The number of carbonyl (C=O) groups excluding carboxylic acids is 1. The molecule has 0 radical (unpaired) electrons. The second-order valence-corrected chi connectivity index (χ2v) is 6.08. The average Bonchev–Trinajstić information content (AvgIpc) is 2.74. The molecular formula is C23H23NO4. The molecular weight excluding hydrogens is 354 g/mol. The monoisotopic (exact) mass is 377 g/mol. The molecule has 0 spiro atoms. The minimum absolute atomic E-state index is 0.180. The zero-order valence-electron chi connectivity index (χ0n) is 15.8. The first-order chi connectivity index (χ1) is 13.8. The number of anilines is 1. The molecule has 5 heteroatoms. The molecule has 0 aromatic heterocycles. The second kappa shape index (κ2) is 10.1. The highest BCUT2D eigenvalue weighted by Crippen LogP contribution is 2.19. The van der Waals surface area contributed by atoms with Crippen molar-refractivity contribution < 1.29 is 19.0 Å². The Balaban J connectivity index is 1.62. The molecule has 144 valence electrons. The van der Waals surface area contributed by atoms with E-state index < -0.39 is 0 Å². The summed E-state index contributed by atoms with van der Waals surface area (Å²) in [5.41, 5.74) is 2.10. The van der Waals surface area contributed by atoms with Crippen LogP contribution in [0.1, 0.15) is 15.9 Å². The molecule has 0 fully saturated rings. The van der Waals surface area contributed by atoms with Gasteiger partial charge in [0.15, 0.2) is 0 Å². The van der Waals surface area contributed by atoms with Crippen LogP contribution in [0.4, 0.5) is 5.69 Å². The zero-order valence-corrected chi connectivity index (χ0v) is 15.8. The summed E-state index contributed by atoms with van der Waals surface area (Å²) in [5.74, 6) is 1.31. The van der Waals surface area contributed by atoms with Crippen LogP contribution in [0.2, 0.25) is 0 Å². The fourth-order valence-corrected chi connectivity index (χ4v) is 2.62. The second-order valence-electron chi connectivity index (χ2n) is 6.08. The summed E-state index contributed by atoms with van der Waals surface area (Å²) < 4.78 is 16.3. The Labute approximate surface area is 164 Å². The number of carbonyl (C=O) groups is 1. The molecule has 0 atom stereocenters. The molecule has 1 N–H and O–H groups in total. The zero-order chi connectivity index (χ0) is 19.6. The van der Waals surface area contributed by atoms with E-state index in [1.165, 1.54) is 0 Å². The largest absolute Gasteiger partial charge is 0.491 e. The Morgan fingerprint density at radius 3 is 2.21 bits per heavy atom. The minimum atomic E-state index is -0.180. The number of benzene rings is 3.